The number of esters is 1. The van der Waals surface area contributed by atoms with Crippen molar-refractivity contribution in [3.63, 3.8) is 0 Å². The topological polar surface area (TPSA) is 66.8 Å². The van der Waals surface area contributed by atoms with Gasteiger partial charge in [0.1, 0.15) is 12.3 Å². The molecular weight excluding hydrogens is 258 g/mol. The monoisotopic (exact) mass is 279 g/mol. The lowest BCUT2D eigenvalue weighted by atomic mass is 10.1. The van der Waals surface area contributed by atoms with Gasteiger partial charge in [0.15, 0.2) is 0 Å². The molecule has 0 aromatic heterocycles. The summed E-state index contributed by atoms with van der Waals surface area (Å²) >= 11 is 0. The minimum absolute atomic E-state index is 0.0393. The van der Waals surface area contributed by atoms with Crippen LogP contribution in [-0.4, -0.2) is 41.1 Å². The summed E-state index contributed by atoms with van der Waals surface area (Å²) in [5.74, 6) is -0.382. The number of nitrogens with zero attached hydrogens (tertiary/aromatic N) is 1. The van der Waals surface area contributed by atoms with Crippen molar-refractivity contribution in [2.75, 3.05) is 13.2 Å². The molecule has 0 unspecified atom stereocenters. The van der Waals surface area contributed by atoms with Gasteiger partial charge in [-0.25, -0.2) is 0 Å². The molecule has 20 heavy (non-hydrogen) atoms. The largest absolute Gasteiger partial charge is 0.508 e. The van der Waals surface area contributed by atoms with Gasteiger partial charge < -0.3 is 14.7 Å². The Morgan fingerprint density at radius 2 is 1.85 bits per heavy atom. The van der Waals surface area contributed by atoms with Crippen LogP contribution in [0.15, 0.2) is 24.3 Å². The van der Waals surface area contributed by atoms with E-state index in [1.54, 1.807) is 19.1 Å². The van der Waals surface area contributed by atoms with Crippen molar-refractivity contribution >= 4 is 11.9 Å². The van der Waals surface area contributed by atoms with Crippen LogP contribution in [-0.2, 0) is 20.7 Å². The van der Waals surface area contributed by atoms with Gasteiger partial charge in [0, 0.05) is 6.04 Å². The first-order valence-electron chi connectivity index (χ1n) is 6.67. The summed E-state index contributed by atoms with van der Waals surface area (Å²) in [5.41, 5.74) is 0.794. The molecule has 0 aliphatic rings. The van der Waals surface area contributed by atoms with E-state index >= 15 is 0 Å². The van der Waals surface area contributed by atoms with Crippen LogP contribution < -0.4 is 0 Å². The second kappa shape index (κ2) is 7.53. The fraction of sp³-hybridized carbons (Fsp3) is 0.467. The summed E-state index contributed by atoms with van der Waals surface area (Å²) < 4.78 is 4.87. The minimum Gasteiger partial charge on any atom is -0.508 e. The fourth-order valence-corrected chi connectivity index (χ4v) is 1.79. The summed E-state index contributed by atoms with van der Waals surface area (Å²) in [7, 11) is 0. The third kappa shape index (κ3) is 4.91. The van der Waals surface area contributed by atoms with Gasteiger partial charge in [0.2, 0.25) is 5.91 Å². The Bertz CT molecular complexity index is 453. The lowest BCUT2D eigenvalue weighted by molar-refractivity contribution is -0.149. The van der Waals surface area contributed by atoms with E-state index in [0.29, 0.717) is 6.61 Å². The lowest BCUT2D eigenvalue weighted by Crippen LogP contribution is -2.42. The first kappa shape index (κ1) is 16.0. The summed E-state index contributed by atoms with van der Waals surface area (Å²) in [5, 5.41) is 9.21. The molecule has 0 atom stereocenters. The number of ether oxygens (including phenoxy) is 1. The lowest BCUT2D eigenvalue weighted by Gasteiger charge is -2.25. The van der Waals surface area contributed by atoms with Gasteiger partial charge in [-0.3, -0.25) is 9.59 Å². The predicted octanol–water partition coefficient (Wildman–Crippen LogP) is 1.73. The number of phenolic OH excluding ortho intramolecular Hbond substituents is 1. The first-order valence-corrected chi connectivity index (χ1v) is 6.67. The normalized spacial score (nSPS) is 10.4. The highest BCUT2D eigenvalue weighted by atomic mass is 16.5. The average Bonchev–Trinajstić information content (AvgIpc) is 2.38. The Balaban J connectivity index is 2.69. The Morgan fingerprint density at radius 1 is 1.25 bits per heavy atom. The van der Waals surface area contributed by atoms with Gasteiger partial charge in [-0.1, -0.05) is 12.1 Å². The van der Waals surface area contributed by atoms with Crippen LogP contribution in [0.5, 0.6) is 5.75 Å². The van der Waals surface area contributed by atoms with E-state index in [1.807, 2.05) is 13.8 Å². The summed E-state index contributed by atoms with van der Waals surface area (Å²) in [6.07, 6.45) is 0.192. The smallest absolute Gasteiger partial charge is 0.325 e. The Morgan fingerprint density at radius 3 is 2.35 bits per heavy atom. The molecule has 0 fully saturated rings. The van der Waals surface area contributed by atoms with Crippen LogP contribution in [0, 0.1) is 0 Å². The summed E-state index contributed by atoms with van der Waals surface area (Å²) in [4.78, 5) is 25.2. The van der Waals surface area contributed by atoms with Crippen LogP contribution in [0.3, 0.4) is 0 Å². The second-order valence-electron chi connectivity index (χ2n) is 4.76. The molecule has 1 amide bonds. The zero-order valence-electron chi connectivity index (χ0n) is 12.1. The molecule has 0 radical (unpaired) electrons. The molecule has 5 heteroatoms. The maximum absolute atomic E-state index is 12.2. The van der Waals surface area contributed by atoms with Crippen LogP contribution in [0.4, 0.5) is 0 Å². The van der Waals surface area contributed by atoms with E-state index < -0.39 is 5.97 Å². The molecule has 0 heterocycles. The Hall–Kier alpha value is -2.04. The number of aromatic hydroxyl groups is 1. The van der Waals surface area contributed by atoms with Crippen molar-refractivity contribution in [1.82, 2.24) is 4.90 Å². The number of hydrogen-bond acceptors (Lipinski definition) is 4. The van der Waals surface area contributed by atoms with Crippen molar-refractivity contribution in [2.45, 2.75) is 33.2 Å². The highest BCUT2D eigenvalue weighted by Gasteiger charge is 2.20. The van der Waals surface area contributed by atoms with E-state index in [-0.39, 0.29) is 30.7 Å². The van der Waals surface area contributed by atoms with Gasteiger partial charge in [0.25, 0.3) is 0 Å². The molecular formula is C15H21NO4. The molecule has 1 aromatic carbocycles. The van der Waals surface area contributed by atoms with E-state index in [4.69, 9.17) is 4.74 Å². The van der Waals surface area contributed by atoms with Crippen molar-refractivity contribution in [2.24, 2.45) is 0 Å². The number of carbonyl (C=O) groups excluding carboxylic acids is 2. The van der Waals surface area contributed by atoms with E-state index in [2.05, 4.69) is 0 Å². The maximum Gasteiger partial charge on any atom is 0.325 e. The quantitative estimate of drug-likeness (QED) is 0.805. The van der Waals surface area contributed by atoms with Gasteiger partial charge in [-0.05, 0) is 38.5 Å². The van der Waals surface area contributed by atoms with Gasteiger partial charge in [-0.15, -0.1) is 0 Å². The molecule has 0 saturated heterocycles. The average molecular weight is 279 g/mol. The zero-order valence-corrected chi connectivity index (χ0v) is 12.1. The number of rotatable bonds is 6. The number of amides is 1. The molecule has 0 spiro atoms. The molecule has 5 nitrogen and oxygen atoms in total. The van der Waals surface area contributed by atoms with E-state index in [1.165, 1.54) is 17.0 Å². The van der Waals surface area contributed by atoms with Crippen LogP contribution in [0.2, 0.25) is 0 Å². The van der Waals surface area contributed by atoms with Crippen LogP contribution >= 0.6 is 0 Å². The molecule has 1 rings (SSSR count). The number of hydrogen-bond donors (Lipinski definition) is 1. The SMILES string of the molecule is CCOC(=O)CN(C(=O)Cc1ccc(O)cc1)C(C)C. The zero-order chi connectivity index (χ0) is 15.1. The van der Waals surface area contributed by atoms with Crippen molar-refractivity contribution < 1.29 is 19.4 Å². The molecule has 0 aliphatic heterocycles. The molecule has 1 aromatic rings. The Labute approximate surface area is 119 Å². The van der Waals surface area contributed by atoms with E-state index in [9.17, 15) is 14.7 Å². The molecule has 0 saturated carbocycles. The fourth-order valence-electron chi connectivity index (χ4n) is 1.79. The third-order valence-electron chi connectivity index (χ3n) is 2.84. The maximum atomic E-state index is 12.2. The molecule has 1 N–H and O–H groups in total. The summed E-state index contributed by atoms with van der Waals surface area (Å²) in [6, 6.07) is 6.37. The van der Waals surface area contributed by atoms with Crippen LogP contribution in [0.25, 0.3) is 0 Å². The minimum atomic E-state index is -0.403. The molecule has 0 bridgehead atoms. The highest BCUT2D eigenvalue weighted by Crippen LogP contribution is 2.12. The second-order valence-corrected chi connectivity index (χ2v) is 4.76. The predicted molar refractivity (Wildman–Crippen MR) is 75.3 cm³/mol. The Kier molecular flexibility index (Phi) is 6.03. The van der Waals surface area contributed by atoms with Crippen LogP contribution in [0.1, 0.15) is 26.3 Å². The van der Waals surface area contributed by atoms with Crippen molar-refractivity contribution in [3.05, 3.63) is 29.8 Å². The van der Waals surface area contributed by atoms with Gasteiger partial charge in [0.05, 0.1) is 13.0 Å². The van der Waals surface area contributed by atoms with E-state index in [0.717, 1.165) is 5.56 Å². The third-order valence-corrected chi connectivity index (χ3v) is 2.84. The number of benzene rings is 1. The van der Waals surface area contributed by atoms with Crippen molar-refractivity contribution in [1.29, 1.82) is 0 Å². The highest BCUT2D eigenvalue weighted by molar-refractivity contribution is 5.83. The first-order chi connectivity index (χ1) is 9.43. The molecule has 110 valence electrons. The number of carbonyl (C=O) groups is 2. The molecule has 0 aliphatic carbocycles. The standard InChI is InChI=1S/C15H21NO4/c1-4-20-15(19)10-16(11(2)3)14(18)9-12-5-7-13(17)8-6-12/h5-8,11,17H,4,9-10H2,1-3H3. The summed E-state index contributed by atoms with van der Waals surface area (Å²) in [6.45, 7) is 5.71. The van der Waals surface area contributed by atoms with Crippen molar-refractivity contribution in [3.8, 4) is 5.75 Å². The van der Waals surface area contributed by atoms with Gasteiger partial charge in [-0.2, -0.15) is 0 Å². The van der Waals surface area contributed by atoms with Gasteiger partial charge >= 0.3 is 5.97 Å². The number of phenols is 1.